The van der Waals surface area contributed by atoms with Crippen molar-refractivity contribution >= 4 is 40.9 Å². The third-order valence-corrected chi connectivity index (χ3v) is 10.9. The van der Waals surface area contributed by atoms with Crippen LogP contribution in [0, 0.1) is 0 Å². The molecular weight excluding hydrogens is 732 g/mol. The Morgan fingerprint density at radius 2 is 1.43 bits per heavy atom. The van der Waals surface area contributed by atoms with Gasteiger partial charge >= 0.3 is 12.1 Å². The van der Waals surface area contributed by atoms with Crippen LogP contribution in [0.1, 0.15) is 56.4 Å². The highest BCUT2D eigenvalue weighted by atomic mass is 35.5. The summed E-state index contributed by atoms with van der Waals surface area (Å²) in [6, 6.07) is 24.1. The Balaban J connectivity index is 1.09. The normalized spacial score (nSPS) is 15.2. The van der Waals surface area contributed by atoms with Crippen LogP contribution >= 0.6 is 11.6 Å². The number of amides is 5. The van der Waals surface area contributed by atoms with E-state index in [1.807, 2.05) is 70.2 Å². The molecule has 2 fully saturated rings. The van der Waals surface area contributed by atoms with Gasteiger partial charge in [0.15, 0.2) is 0 Å². The molecule has 13 heteroatoms. The van der Waals surface area contributed by atoms with E-state index in [-0.39, 0.29) is 30.1 Å². The van der Waals surface area contributed by atoms with Gasteiger partial charge in [0.25, 0.3) is 0 Å². The topological polar surface area (TPSA) is 120 Å². The second-order valence-electron chi connectivity index (χ2n) is 14.4. The fraction of sp³-hybridized carbons (Fsp3) is 0.419. The fourth-order valence-corrected chi connectivity index (χ4v) is 7.70. The number of furan rings is 1. The van der Waals surface area contributed by atoms with Gasteiger partial charge in [-0.15, -0.1) is 0 Å². The lowest BCUT2D eigenvalue weighted by Crippen LogP contribution is -2.49. The molecule has 0 bridgehead atoms. The maximum atomic E-state index is 13.8. The summed E-state index contributed by atoms with van der Waals surface area (Å²) >= 11 is 6.09. The first-order chi connectivity index (χ1) is 27.2. The van der Waals surface area contributed by atoms with E-state index in [1.54, 1.807) is 44.6 Å². The Labute approximate surface area is 334 Å². The molecule has 0 aliphatic carbocycles. The monoisotopic (exact) mass is 784 g/mol. The van der Waals surface area contributed by atoms with Gasteiger partial charge in [0.2, 0.25) is 5.91 Å². The van der Waals surface area contributed by atoms with E-state index in [4.69, 9.17) is 25.5 Å². The second kappa shape index (κ2) is 19.6. The van der Waals surface area contributed by atoms with E-state index in [1.165, 1.54) is 0 Å². The number of nitrogens with zero attached hydrogens (tertiary/aromatic N) is 4. The summed E-state index contributed by atoms with van der Waals surface area (Å²) in [5.74, 6) is 2.37. The highest BCUT2D eigenvalue weighted by Gasteiger charge is 2.31. The van der Waals surface area contributed by atoms with Crippen molar-refractivity contribution in [1.82, 2.24) is 19.6 Å². The van der Waals surface area contributed by atoms with Crippen LogP contribution < -0.4 is 20.1 Å². The van der Waals surface area contributed by atoms with Gasteiger partial charge in [0.1, 0.15) is 17.3 Å². The number of hydrogen-bond donors (Lipinski definition) is 2. The van der Waals surface area contributed by atoms with Crippen LogP contribution in [0.5, 0.6) is 11.5 Å². The van der Waals surface area contributed by atoms with Gasteiger partial charge in [-0.05, 0) is 117 Å². The fourth-order valence-electron chi connectivity index (χ4n) is 7.58. The maximum absolute atomic E-state index is 13.8. The Kier molecular flexibility index (Phi) is 14.2. The number of likely N-dealkylation sites (tertiary alicyclic amines) is 2. The van der Waals surface area contributed by atoms with Gasteiger partial charge in [-0.1, -0.05) is 23.7 Å². The lowest BCUT2D eigenvalue weighted by atomic mass is 10.0. The predicted octanol–water partition coefficient (Wildman–Crippen LogP) is 8.13. The third kappa shape index (κ3) is 11.0. The molecule has 0 spiro atoms. The number of carbonyl (C=O) groups is 3. The Morgan fingerprint density at radius 3 is 2.00 bits per heavy atom. The number of methoxy groups -OCH3 is 1. The quantitative estimate of drug-likeness (QED) is 0.133. The van der Waals surface area contributed by atoms with E-state index in [0.717, 1.165) is 67.3 Å². The third-order valence-electron chi connectivity index (χ3n) is 10.7. The number of ether oxygens (including phenoxy) is 2. The molecule has 2 N–H and O–H groups in total. The summed E-state index contributed by atoms with van der Waals surface area (Å²) in [7, 11) is 1.69. The number of halogens is 1. The number of nitrogens with one attached hydrogen (secondary N) is 2. The molecule has 6 rings (SSSR count). The smallest absolute Gasteiger partial charge is 0.322 e. The molecule has 1 aromatic heterocycles. The van der Waals surface area contributed by atoms with Crippen molar-refractivity contribution in [2.24, 2.45) is 0 Å². The Morgan fingerprint density at radius 1 is 0.821 bits per heavy atom. The molecule has 0 radical (unpaired) electrons. The summed E-state index contributed by atoms with van der Waals surface area (Å²) in [5.41, 5.74) is 3.46. The van der Waals surface area contributed by atoms with Crippen LogP contribution in [-0.2, 0) is 24.3 Å². The molecule has 2 saturated heterocycles. The summed E-state index contributed by atoms with van der Waals surface area (Å²) < 4.78 is 17.0. The van der Waals surface area contributed by atoms with Crippen molar-refractivity contribution in [2.75, 3.05) is 57.1 Å². The van der Waals surface area contributed by atoms with Crippen molar-refractivity contribution in [2.45, 2.75) is 71.1 Å². The van der Waals surface area contributed by atoms with Gasteiger partial charge in [-0.25, -0.2) is 9.59 Å². The van der Waals surface area contributed by atoms with Crippen LogP contribution in [0.15, 0.2) is 89.5 Å². The largest absolute Gasteiger partial charge is 0.496 e. The van der Waals surface area contributed by atoms with Gasteiger partial charge < -0.3 is 44.1 Å². The molecule has 5 amide bonds. The molecule has 298 valence electrons. The zero-order chi connectivity index (χ0) is 39.4. The van der Waals surface area contributed by atoms with Crippen molar-refractivity contribution < 1.29 is 28.3 Å². The first-order valence-electron chi connectivity index (χ1n) is 19.5. The highest BCUT2D eigenvalue weighted by Crippen LogP contribution is 2.27. The molecule has 3 aromatic carbocycles. The van der Waals surface area contributed by atoms with E-state index in [9.17, 15) is 14.4 Å². The number of benzene rings is 3. The van der Waals surface area contributed by atoms with Crippen LogP contribution in [0.3, 0.4) is 0 Å². The number of carbonyl (C=O) groups excluding carboxylic acids is 3. The Hall–Kier alpha value is -5.20. The molecule has 4 aromatic rings. The van der Waals surface area contributed by atoms with Crippen molar-refractivity contribution in [3.8, 4) is 11.5 Å². The number of rotatable bonds is 14. The van der Waals surface area contributed by atoms with Crippen LogP contribution in [0.25, 0.3) is 0 Å². The van der Waals surface area contributed by atoms with Gasteiger partial charge in [0, 0.05) is 74.7 Å². The zero-order valence-corrected chi connectivity index (χ0v) is 33.3. The molecule has 2 aliphatic heterocycles. The van der Waals surface area contributed by atoms with E-state index < -0.39 is 0 Å². The van der Waals surface area contributed by atoms with Crippen molar-refractivity contribution in [3.05, 3.63) is 107 Å². The Bertz CT molecular complexity index is 1870. The minimum absolute atomic E-state index is 0.0277. The second-order valence-corrected chi connectivity index (χ2v) is 14.8. The lowest BCUT2D eigenvalue weighted by molar-refractivity contribution is -0.130. The lowest BCUT2D eigenvalue weighted by Gasteiger charge is -2.38. The SMILES string of the molecule is CCOc1ccc(NC(=O)N(Cc2ccco2)C2CCN(CCc3cc(CN(C(=O)Nc4ccc(Cl)cc4)C4CCN(C(C)=O)CC4)ccc3OC)CC2)cc1. The van der Waals surface area contributed by atoms with Crippen LogP contribution in [0.2, 0.25) is 5.02 Å². The van der Waals surface area contributed by atoms with E-state index >= 15 is 0 Å². The minimum Gasteiger partial charge on any atom is -0.496 e. The van der Waals surface area contributed by atoms with Crippen LogP contribution in [-0.4, -0.2) is 96.1 Å². The molecule has 0 atom stereocenters. The molecule has 3 heterocycles. The molecule has 2 aliphatic rings. The average Bonchev–Trinajstić information content (AvgIpc) is 3.74. The number of hydrogen-bond acceptors (Lipinski definition) is 7. The first kappa shape index (κ1) is 40.5. The molecule has 56 heavy (non-hydrogen) atoms. The standard InChI is InChI=1S/C43H53ClN6O6/c1-4-55-39-14-12-36(13-15-39)46-43(53)50(30-40-6-5-27-56-40)37-18-23-47(24-19-37)22-17-33-28-32(7-16-41(33)54-3)29-49(38-20-25-48(26-21-38)31(2)51)42(52)45-35-10-8-34(44)9-11-35/h5-16,27-28,37-38H,4,17-26,29-30H2,1-3H3,(H,45,52)(H,46,53). The summed E-state index contributed by atoms with van der Waals surface area (Å²) in [6.45, 7) is 8.65. The highest BCUT2D eigenvalue weighted by molar-refractivity contribution is 6.30. The van der Waals surface area contributed by atoms with Crippen LogP contribution in [0.4, 0.5) is 21.0 Å². The maximum Gasteiger partial charge on any atom is 0.322 e. The van der Waals surface area contributed by atoms with Gasteiger partial charge in [-0.3, -0.25) is 4.79 Å². The van der Waals surface area contributed by atoms with Crippen molar-refractivity contribution in [3.63, 3.8) is 0 Å². The van der Waals surface area contributed by atoms with E-state index in [2.05, 4.69) is 21.6 Å². The molecular formula is C43H53ClN6O6. The van der Waals surface area contributed by atoms with Crippen molar-refractivity contribution in [1.29, 1.82) is 0 Å². The summed E-state index contributed by atoms with van der Waals surface area (Å²) in [6.07, 6.45) is 5.47. The number of anilines is 2. The molecule has 0 saturated carbocycles. The summed E-state index contributed by atoms with van der Waals surface area (Å²) in [4.78, 5) is 47.6. The average molecular weight is 785 g/mol. The number of piperidine rings is 2. The van der Waals surface area contributed by atoms with Gasteiger partial charge in [0.05, 0.1) is 26.5 Å². The number of urea groups is 2. The molecule has 0 unspecified atom stereocenters. The first-order valence-corrected chi connectivity index (χ1v) is 19.9. The van der Waals surface area contributed by atoms with Gasteiger partial charge in [-0.2, -0.15) is 0 Å². The predicted molar refractivity (Wildman–Crippen MR) is 218 cm³/mol. The zero-order valence-electron chi connectivity index (χ0n) is 32.5. The minimum atomic E-state index is -0.192. The molecule has 12 nitrogen and oxygen atoms in total. The summed E-state index contributed by atoms with van der Waals surface area (Å²) in [5, 5.41) is 6.72. The van der Waals surface area contributed by atoms with E-state index in [0.29, 0.717) is 62.0 Å².